The van der Waals surface area contributed by atoms with Gasteiger partial charge < -0.3 is 4.90 Å². The van der Waals surface area contributed by atoms with Crippen molar-refractivity contribution in [1.29, 1.82) is 0 Å². The number of carbonyl (C=O) groups excluding carboxylic acids is 1. The minimum Gasteiger partial charge on any atom is -0.335 e. The van der Waals surface area contributed by atoms with Crippen molar-refractivity contribution in [1.82, 2.24) is 4.90 Å². The standard InChI is InChI=1S/C16H16N2OS3.2CH4/c1-3-17-11-7-5-6-8-12(11)21-14(17)10-9-13-15(19)18(4-2)16(20)22-13;;/h5-10H,3-4H2,1-2H3;2*1H4. The largest absolute Gasteiger partial charge is 0.335 e. The molecule has 0 atom stereocenters. The smallest absolute Gasteiger partial charge is 0.266 e. The molecule has 0 spiro atoms. The highest BCUT2D eigenvalue weighted by molar-refractivity contribution is 8.26. The highest BCUT2D eigenvalue weighted by atomic mass is 32.2. The van der Waals surface area contributed by atoms with E-state index in [4.69, 9.17) is 12.2 Å². The van der Waals surface area contributed by atoms with E-state index in [1.54, 1.807) is 16.7 Å². The average molecular weight is 381 g/mol. The van der Waals surface area contributed by atoms with Crippen LogP contribution in [0.2, 0.25) is 0 Å². The zero-order chi connectivity index (χ0) is 15.7. The molecule has 3 nitrogen and oxygen atoms in total. The minimum atomic E-state index is 0. The van der Waals surface area contributed by atoms with Crippen molar-refractivity contribution < 1.29 is 4.79 Å². The summed E-state index contributed by atoms with van der Waals surface area (Å²) in [4.78, 5) is 18.1. The third-order valence-corrected chi connectivity index (χ3v) is 6.05. The number of nitrogens with zero attached hydrogens (tertiary/aromatic N) is 2. The molecule has 1 aromatic rings. The Morgan fingerprint density at radius 1 is 1.04 bits per heavy atom. The number of para-hydroxylation sites is 1. The van der Waals surface area contributed by atoms with Crippen molar-refractivity contribution in [2.45, 2.75) is 33.6 Å². The Bertz CT molecular complexity index is 697. The molecule has 2 aliphatic rings. The monoisotopic (exact) mass is 380 g/mol. The van der Waals surface area contributed by atoms with Crippen LogP contribution in [0.5, 0.6) is 0 Å². The Morgan fingerprint density at radius 2 is 1.71 bits per heavy atom. The highest BCUT2D eigenvalue weighted by Gasteiger charge is 2.30. The lowest BCUT2D eigenvalue weighted by Crippen LogP contribution is -2.27. The molecule has 0 aliphatic carbocycles. The van der Waals surface area contributed by atoms with Gasteiger partial charge in [0.2, 0.25) is 0 Å². The molecular weight excluding hydrogens is 356 g/mol. The Labute approximate surface area is 159 Å². The van der Waals surface area contributed by atoms with Gasteiger partial charge in [0, 0.05) is 18.0 Å². The lowest BCUT2D eigenvalue weighted by atomic mass is 10.3. The number of likely N-dealkylation sites (N-methyl/N-ethyl adjacent to an activating group) is 1. The van der Waals surface area contributed by atoms with E-state index in [9.17, 15) is 4.79 Å². The van der Waals surface area contributed by atoms with Gasteiger partial charge in [-0.25, -0.2) is 0 Å². The maximum absolute atomic E-state index is 12.2. The topological polar surface area (TPSA) is 23.6 Å². The third kappa shape index (κ3) is 3.71. The number of hydrogen-bond acceptors (Lipinski definition) is 5. The lowest BCUT2D eigenvalue weighted by molar-refractivity contribution is -0.122. The number of rotatable bonds is 3. The quantitative estimate of drug-likeness (QED) is 0.509. The molecule has 24 heavy (non-hydrogen) atoms. The van der Waals surface area contributed by atoms with Crippen LogP contribution >= 0.6 is 35.7 Å². The fourth-order valence-electron chi connectivity index (χ4n) is 2.44. The maximum Gasteiger partial charge on any atom is 0.266 e. The Balaban J connectivity index is 0.00000144. The van der Waals surface area contributed by atoms with E-state index in [1.165, 1.54) is 22.3 Å². The van der Waals surface area contributed by atoms with Gasteiger partial charge in [-0.3, -0.25) is 9.69 Å². The van der Waals surface area contributed by atoms with Crippen molar-refractivity contribution in [3.63, 3.8) is 0 Å². The van der Waals surface area contributed by atoms with Gasteiger partial charge >= 0.3 is 0 Å². The third-order valence-electron chi connectivity index (χ3n) is 3.52. The van der Waals surface area contributed by atoms with Crippen LogP contribution < -0.4 is 4.90 Å². The number of anilines is 1. The van der Waals surface area contributed by atoms with Crippen LogP contribution in [0.1, 0.15) is 28.7 Å². The van der Waals surface area contributed by atoms with Gasteiger partial charge in [-0.1, -0.05) is 62.7 Å². The summed E-state index contributed by atoms with van der Waals surface area (Å²) in [5, 5.41) is 1.14. The van der Waals surface area contributed by atoms with E-state index in [2.05, 4.69) is 36.1 Å². The minimum absolute atomic E-state index is 0. The van der Waals surface area contributed by atoms with Crippen LogP contribution in [-0.4, -0.2) is 28.2 Å². The second-order valence-corrected chi connectivity index (χ2v) is 7.51. The Hall–Kier alpha value is -1.24. The molecule has 2 heterocycles. The lowest BCUT2D eigenvalue weighted by Gasteiger charge is -2.17. The number of carbonyl (C=O) groups is 1. The van der Waals surface area contributed by atoms with Crippen molar-refractivity contribution >= 4 is 51.7 Å². The normalized spacial score (nSPS) is 19.6. The summed E-state index contributed by atoms with van der Waals surface area (Å²) in [5.41, 5.74) is 1.23. The van der Waals surface area contributed by atoms with Crippen LogP contribution in [0.15, 0.2) is 51.2 Å². The second-order valence-electron chi connectivity index (χ2n) is 4.77. The second kappa shape index (κ2) is 8.74. The predicted octanol–water partition coefficient (Wildman–Crippen LogP) is 5.50. The fourth-order valence-corrected chi connectivity index (χ4v) is 4.89. The summed E-state index contributed by atoms with van der Waals surface area (Å²) < 4.78 is 0.645. The van der Waals surface area contributed by atoms with E-state index in [0.717, 1.165) is 11.6 Å². The van der Waals surface area contributed by atoms with Crippen LogP contribution in [0.3, 0.4) is 0 Å². The molecule has 130 valence electrons. The zero-order valence-corrected chi connectivity index (χ0v) is 14.9. The van der Waals surface area contributed by atoms with Gasteiger partial charge in [-0.15, -0.1) is 0 Å². The van der Waals surface area contributed by atoms with E-state index in [1.807, 2.05) is 19.1 Å². The molecule has 6 heteroatoms. The van der Waals surface area contributed by atoms with E-state index >= 15 is 0 Å². The summed E-state index contributed by atoms with van der Waals surface area (Å²) in [5.74, 6) is 0.0120. The molecule has 1 saturated heterocycles. The summed E-state index contributed by atoms with van der Waals surface area (Å²) in [6.45, 7) is 5.60. The van der Waals surface area contributed by atoms with Gasteiger partial charge in [-0.05, 0) is 38.1 Å². The van der Waals surface area contributed by atoms with Crippen molar-refractivity contribution in [2.75, 3.05) is 18.0 Å². The van der Waals surface area contributed by atoms with Crippen LogP contribution in [0.4, 0.5) is 5.69 Å². The summed E-state index contributed by atoms with van der Waals surface area (Å²) >= 11 is 8.35. The van der Waals surface area contributed by atoms with Crippen molar-refractivity contribution in [3.05, 3.63) is 46.4 Å². The zero-order valence-electron chi connectivity index (χ0n) is 12.4. The SMILES string of the molecule is C.C.CCN1C(=O)C(=CC=C2Sc3ccccc3N2CC)SC1=S. The maximum atomic E-state index is 12.2. The number of fused-ring (bicyclic) bond motifs is 1. The number of allylic oxidation sites excluding steroid dienone is 2. The molecule has 0 N–H and O–H groups in total. The molecule has 0 saturated carbocycles. The van der Waals surface area contributed by atoms with E-state index in [0.29, 0.717) is 15.8 Å². The van der Waals surface area contributed by atoms with Gasteiger partial charge in [-0.2, -0.15) is 0 Å². The predicted molar refractivity (Wildman–Crippen MR) is 113 cm³/mol. The van der Waals surface area contributed by atoms with Crippen molar-refractivity contribution in [3.8, 4) is 0 Å². The Morgan fingerprint density at radius 3 is 2.33 bits per heavy atom. The molecule has 1 fully saturated rings. The molecule has 0 aromatic heterocycles. The van der Waals surface area contributed by atoms with Gasteiger partial charge in [0.25, 0.3) is 5.91 Å². The molecule has 2 aliphatic heterocycles. The van der Waals surface area contributed by atoms with E-state index in [-0.39, 0.29) is 20.8 Å². The van der Waals surface area contributed by atoms with Gasteiger partial charge in [0.05, 0.1) is 15.6 Å². The number of thiocarbonyl (C=S) groups is 1. The first-order chi connectivity index (χ1) is 10.7. The molecule has 0 bridgehead atoms. The number of hydrogen-bond donors (Lipinski definition) is 0. The van der Waals surface area contributed by atoms with Gasteiger partial charge in [0.1, 0.15) is 4.32 Å². The first-order valence-corrected chi connectivity index (χ1v) is 9.20. The molecule has 0 unspecified atom stereocenters. The molecular formula is C18H24N2OS3. The summed E-state index contributed by atoms with van der Waals surface area (Å²) in [6, 6.07) is 8.36. The molecule has 3 rings (SSSR count). The van der Waals surface area contributed by atoms with Gasteiger partial charge in [0.15, 0.2) is 0 Å². The van der Waals surface area contributed by atoms with Crippen LogP contribution in [-0.2, 0) is 4.79 Å². The summed E-state index contributed by atoms with van der Waals surface area (Å²) in [6.07, 6.45) is 3.92. The first kappa shape index (κ1) is 20.8. The van der Waals surface area contributed by atoms with Crippen LogP contribution in [0.25, 0.3) is 0 Å². The number of thioether (sulfide) groups is 2. The highest BCUT2D eigenvalue weighted by Crippen LogP contribution is 2.45. The molecule has 1 amide bonds. The number of benzene rings is 1. The molecule has 0 radical (unpaired) electrons. The Kier molecular flexibility index (Phi) is 7.57. The van der Waals surface area contributed by atoms with Crippen molar-refractivity contribution in [2.24, 2.45) is 0 Å². The summed E-state index contributed by atoms with van der Waals surface area (Å²) in [7, 11) is 0. The first-order valence-electron chi connectivity index (χ1n) is 7.15. The number of amides is 1. The fraction of sp³-hybridized carbons (Fsp3) is 0.333. The molecule has 1 aromatic carbocycles. The average Bonchev–Trinajstić information content (AvgIpc) is 3.01. The van der Waals surface area contributed by atoms with Crippen LogP contribution in [0, 0.1) is 0 Å². The van der Waals surface area contributed by atoms with E-state index < -0.39 is 0 Å².